The Kier molecular flexibility index (Phi) is 1.39. The van der Waals surface area contributed by atoms with Crippen LogP contribution in [0.15, 0.2) is 11.1 Å². The molecule has 0 unspecified atom stereocenters. The van der Waals surface area contributed by atoms with Crippen LogP contribution in [0.4, 0.5) is 0 Å². The van der Waals surface area contributed by atoms with E-state index in [9.17, 15) is 0 Å². The highest BCUT2D eigenvalue weighted by Gasteiger charge is 2.69. The highest BCUT2D eigenvalue weighted by molar-refractivity contribution is 6.55. The Hall–Kier alpha value is 0.320. The largest absolute Gasteiger partial charge is 0.148 e. The molecular formula is C10H14Cl2. The van der Waals surface area contributed by atoms with Crippen LogP contribution in [0.3, 0.4) is 0 Å². The van der Waals surface area contributed by atoms with E-state index in [4.69, 9.17) is 23.2 Å². The second-order valence-electron chi connectivity index (χ2n) is 5.11. The highest BCUT2D eigenvalue weighted by Crippen LogP contribution is 2.74. The summed E-state index contributed by atoms with van der Waals surface area (Å²) in [6.07, 6.45) is 1.17. The molecular weight excluding hydrogens is 191 g/mol. The SMILES string of the molecule is CC1(C)C/C1=C1\C(C)(C)C1(Cl)Cl. The lowest BCUT2D eigenvalue weighted by Gasteiger charge is -1.97. The second kappa shape index (κ2) is 1.88. The quantitative estimate of drug-likeness (QED) is 0.415. The molecule has 0 amide bonds. The smallest absolute Gasteiger partial charge is 0.0957 e. The number of alkyl halides is 2. The molecule has 0 aromatic carbocycles. The minimum atomic E-state index is -0.573. The molecule has 0 aromatic heterocycles. The third-order valence-corrected chi connectivity index (χ3v) is 4.60. The molecule has 2 heteroatoms. The van der Waals surface area contributed by atoms with E-state index < -0.39 is 4.33 Å². The van der Waals surface area contributed by atoms with E-state index in [1.807, 2.05) is 0 Å². The topological polar surface area (TPSA) is 0 Å². The Labute approximate surface area is 83.9 Å². The van der Waals surface area contributed by atoms with Crippen LogP contribution in [0, 0.1) is 10.8 Å². The third-order valence-electron chi connectivity index (χ3n) is 3.27. The number of rotatable bonds is 0. The summed E-state index contributed by atoms with van der Waals surface area (Å²) in [5.41, 5.74) is 3.15. The minimum Gasteiger partial charge on any atom is -0.0957 e. The molecule has 2 aliphatic carbocycles. The van der Waals surface area contributed by atoms with Gasteiger partial charge in [0.1, 0.15) is 4.33 Å². The molecule has 68 valence electrons. The first-order valence-corrected chi connectivity index (χ1v) is 5.09. The van der Waals surface area contributed by atoms with Crippen molar-refractivity contribution in [3.05, 3.63) is 11.1 Å². The van der Waals surface area contributed by atoms with Crippen LogP contribution >= 0.6 is 23.2 Å². The van der Waals surface area contributed by atoms with Gasteiger partial charge < -0.3 is 0 Å². The molecule has 0 N–H and O–H groups in total. The van der Waals surface area contributed by atoms with Gasteiger partial charge in [0.2, 0.25) is 0 Å². The van der Waals surface area contributed by atoms with E-state index in [-0.39, 0.29) is 5.41 Å². The summed E-state index contributed by atoms with van der Waals surface area (Å²) < 4.78 is -0.573. The fourth-order valence-electron chi connectivity index (χ4n) is 1.96. The molecule has 0 saturated heterocycles. The van der Waals surface area contributed by atoms with Crippen molar-refractivity contribution >= 4 is 23.2 Å². The summed E-state index contributed by atoms with van der Waals surface area (Å²) in [4.78, 5) is 0. The first-order valence-electron chi connectivity index (χ1n) is 4.34. The van der Waals surface area contributed by atoms with Crippen molar-refractivity contribution in [3.63, 3.8) is 0 Å². The first-order chi connectivity index (χ1) is 5.21. The summed E-state index contributed by atoms with van der Waals surface area (Å²) >= 11 is 12.3. The van der Waals surface area contributed by atoms with Crippen LogP contribution in [-0.2, 0) is 0 Å². The lowest BCUT2D eigenvalue weighted by molar-refractivity contribution is 0.659. The lowest BCUT2D eigenvalue weighted by atomic mass is 10.1. The van der Waals surface area contributed by atoms with Gasteiger partial charge in [0.15, 0.2) is 0 Å². The maximum atomic E-state index is 6.17. The maximum absolute atomic E-state index is 6.17. The zero-order chi connectivity index (χ0) is 9.36. The summed E-state index contributed by atoms with van der Waals surface area (Å²) in [6.45, 7) is 8.72. The van der Waals surface area contributed by atoms with Crippen molar-refractivity contribution in [2.24, 2.45) is 10.8 Å². The van der Waals surface area contributed by atoms with E-state index in [2.05, 4.69) is 27.7 Å². The number of hydrogen-bond acceptors (Lipinski definition) is 0. The van der Waals surface area contributed by atoms with E-state index >= 15 is 0 Å². The molecule has 0 nitrogen and oxygen atoms in total. The van der Waals surface area contributed by atoms with E-state index in [1.54, 1.807) is 0 Å². The highest BCUT2D eigenvalue weighted by atomic mass is 35.5. The van der Waals surface area contributed by atoms with Crippen LogP contribution in [0.2, 0.25) is 0 Å². The molecule has 0 heterocycles. The van der Waals surface area contributed by atoms with Gasteiger partial charge in [0, 0.05) is 5.41 Å². The van der Waals surface area contributed by atoms with Gasteiger partial charge in [-0.05, 0) is 17.4 Å². The number of halogens is 2. The molecule has 2 aliphatic rings. The minimum absolute atomic E-state index is 0.0131. The normalized spacial score (nSPS) is 39.5. The molecule has 2 rings (SSSR count). The molecule has 0 spiro atoms. The van der Waals surface area contributed by atoms with Crippen molar-refractivity contribution in [1.29, 1.82) is 0 Å². The van der Waals surface area contributed by atoms with E-state index in [0.29, 0.717) is 5.41 Å². The average molecular weight is 205 g/mol. The predicted octanol–water partition coefficient (Wildman–Crippen LogP) is 3.93. The average Bonchev–Trinajstić information content (AvgIpc) is 2.48. The van der Waals surface area contributed by atoms with Crippen molar-refractivity contribution < 1.29 is 0 Å². The van der Waals surface area contributed by atoms with Gasteiger partial charge in [-0.3, -0.25) is 0 Å². The first kappa shape index (κ1) is 8.90. The number of hydrogen-bond donors (Lipinski definition) is 0. The maximum Gasteiger partial charge on any atom is 0.148 e. The van der Waals surface area contributed by atoms with Gasteiger partial charge in [-0.15, -0.1) is 0 Å². The molecule has 0 aromatic rings. The fraction of sp³-hybridized carbons (Fsp3) is 0.800. The zero-order valence-electron chi connectivity index (χ0n) is 7.96. The van der Waals surface area contributed by atoms with Crippen molar-refractivity contribution in [1.82, 2.24) is 0 Å². The Morgan fingerprint density at radius 3 is 1.50 bits per heavy atom. The monoisotopic (exact) mass is 204 g/mol. The fourth-order valence-corrected chi connectivity index (χ4v) is 2.75. The molecule has 0 bridgehead atoms. The number of allylic oxidation sites excluding steroid dienone is 2. The molecule has 2 fully saturated rings. The summed E-state index contributed by atoms with van der Waals surface area (Å²) in [5.74, 6) is 0. The molecule has 0 aliphatic heterocycles. The standard InChI is InChI=1S/C10H14Cl2/c1-8(2)5-6(8)7-9(3,4)10(7,11)12/h5H2,1-4H3/b7-6-. The Morgan fingerprint density at radius 1 is 1.08 bits per heavy atom. The molecule has 2 saturated carbocycles. The van der Waals surface area contributed by atoms with Crippen LogP contribution in [0.25, 0.3) is 0 Å². The Bertz CT molecular complexity index is 266. The third kappa shape index (κ3) is 0.858. The van der Waals surface area contributed by atoms with Crippen molar-refractivity contribution in [2.75, 3.05) is 0 Å². The summed E-state index contributed by atoms with van der Waals surface area (Å²) in [7, 11) is 0. The van der Waals surface area contributed by atoms with Crippen molar-refractivity contribution in [2.45, 2.75) is 38.4 Å². The van der Waals surface area contributed by atoms with Gasteiger partial charge in [0.05, 0.1) is 0 Å². The van der Waals surface area contributed by atoms with E-state index in [1.165, 1.54) is 17.6 Å². The van der Waals surface area contributed by atoms with Gasteiger partial charge in [0.25, 0.3) is 0 Å². The van der Waals surface area contributed by atoms with Crippen molar-refractivity contribution in [3.8, 4) is 0 Å². The van der Waals surface area contributed by atoms with Crippen LogP contribution in [-0.4, -0.2) is 4.33 Å². The van der Waals surface area contributed by atoms with Gasteiger partial charge >= 0.3 is 0 Å². The summed E-state index contributed by atoms with van der Waals surface area (Å²) in [6, 6.07) is 0. The molecule has 0 atom stereocenters. The predicted molar refractivity (Wildman–Crippen MR) is 53.6 cm³/mol. The van der Waals surface area contributed by atoms with Crippen LogP contribution in [0.5, 0.6) is 0 Å². The lowest BCUT2D eigenvalue weighted by Crippen LogP contribution is -1.96. The molecule has 0 radical (unpaired) electrons. The summed E-state index contributed by atoms with van der Waals surface area (Å²) in [5, 5.41) is 0. The van der Waals surface area contributed by atoms with Gasteiger partial charge in [-0.2, -0.15) is 0 Å². The van der Waals surface area contributed by atoms with Crippen LogP contribution in [0.1, 0.15) is 34.1 Å². The van der Waals surface area contributed by atoms with E-state index in [0.717, 1.165) is 0 Å². The van der Waals surface area contributed by atoms with Crippen LogP contribution < -0.4 is 0 Å². The Balaban J connectivity index is 2.39. The molecule has 12 heavy (non-hydrogen) atoms. The second-order valence-corrected chi connectivity index (χ2v) is 6.44. The zero-order valence-corrected chi connectivity index (χ0v) is 9.47. The van der Waals surface area contributed by atoms with Gasteiger partial charge in [-0.25, -0.2) is 0 Å². The van der Waals surface area contributed by atoms with Gasteiger partial charge in [-0.1, -0.05) is 56.5 Å². The Morgan fingerprint density at radius 2 is 1.42 bits per heavy atom.